The second-order valence-corrected chi connectivity index (χ2v) is 17.1. The molecule has 5 heterocycles. The van der Waals surface area contributed by atoms with E-state index in [0.717, 1.165) is 71.5 Å². The van der Waals surface area contributed by atoms with Gasteiger partial charge in [0, 0.05) is 50.2 Å². The number of nitrogens with one attached hydrogen (secondary N) is 1. The van der Waals surface area contributed by atoms with Gasteiger partial charge in [-0.25, -0.2) is 27.1 Å². The number of hydrogen-bond donors (Lipinski definition) is 1. The summed E-state index contributed by atoms with van der Waals surface area (Å²) in [5, 5.41) is 3.04. The zero-order valence-corrected chi connectivity index (χ0v) is 29.7. The zero-order valence-electron chi connectivity index (χ0n) is 28.9. The van der Waals surface area contributed by atoms with Gasteiger partial charge in [0.1, 0.15) is 17.9 Å². The predicted octanol–water partition coefficient (Wildman–Crippen LogP) is 4.36. The summed E-state index contributed by atoms with van der Waals surface area (Å²) in [6.45, 7) is 15.5. The summed E-state index contributed by atoms with van der Waals surface area (Å²) in [6.07, 6.45) is 8.62. The molecule has 6 rings (SSSR count). The molecule has 4 fully saturated rings. The third-order valence-corrected chi connectivity index (χ3v) is 13.2. The van der Waals surface area contributed by atoms with Crippen LogP contribution in [0.5, 0.6) is 11.5 Å². The Balaban J connectivity index is 1.02. The molecule has 1 spiro atoms. The normalized spacial score (nSPS) is 21.5. The molecule has 0 atom stereocenters. The Hall–Kier alpha value is -2.87. The maximum absolute atomic E-state index is 14.4. The number of benzene rings is 1. The van der Waals surface area contributed by atoms with Crippen LogP contribution in [0, 0.1) is 17.2 Å². The number of amides is 1. The first-order valence-corrected chi connectivity index (χ1v) is 19.2. The lowest BCUT2D eigenvalue weighted by Gasteiger charge is -2.54. The lowest BCUT2D eigenvalue weighted by Crippen LogP contribution is -2.61. The average molecular weight is 686 g/mol. The summed E-state index contributed by atoms with van der Waals surface area (Å²) in [5.74, 6) is 1.16. The van der Waals surface area contributed by atoms with Crippen LogP contribution in [0.2, 0.25) is 0 Å². The van der Waals surface area contributed by atoms with Gasteiger partial charge in [-0.15, -0.1) is 0 Å². The molecule has 0 bridgehead atoms. The highest BCUT2D eigenvalue weighted by atomic mass is 32.2. The standard InChI is InChI=1S/C35H52FN7O4S/c1-25(2)43(26(3)4)34(44)30-19-28(36)5-6-31(30)47-32-20-38-24-39-33(32)41-22-35(23-41)11-17-40(18-12-35)21-27-9-15-42(16-10-27)48(45,46)29-7-13-37-14-8-29/h5-6,19-20,24-27,29,37H,7-18,21-23H2,1-4H3. The van der Waals surface area contributed by atoms with Gasteiger partial charge in [-0.1, -0.05) is 0 Å². The number of piperidine rings is 3. The third-order valence-electron chi connectivity index (χ3n) is 10.8. The van der Waals surface area contributed by atoms with Crippen LogP contribution in [-0.2, 0) is 10.0 Å². The van der Waals surface area contributed by atoms with Crippen molar-refractivity contribution in [2.45, 2.75) is 83.6 Å². The Morgan fingerprint density at radius 3 is 2.33 bits per heavy atom. The quantitative estimate of drug-likeness (QED) is 0.390. The fourth-order valence-corrected chi connectivity index (χ4v) is 10.1. The largest absolute Gasteiger partial charge is 0.451 e. The molecule has 0 saturated carbocycles. The second-order valence-electron chi connectivity index (χ2n) is 14.8. The van der Waals surface area contributed by atoms with E-state index in [1.165, 1.54) is 24.5 Å². The van der Waals surface area contributed by atoms with E-state index < -0.39 is 15.8 Å². The first kappa shape index (κ1) is 35.0. The first-order valence-electron chi connectivity index (χ1n) is 17.7. The minimum Gasteiger partial charge on any atom is -0.451 e. The van der Waals surface area contributed by atoms with Gasteiger partial charge < -0.3 is 24.8 Å². The molecular formula is C35H52FN7O4S. The van der Waals surface area contributed by atoms with Crippen molar-refractivity contribution in [2.24, 2.45) is 11.3 Å². The molecule has 4 saturated heterocycles. The number of sulfonamides is 1. The number of carbonyl (C=O) groups is 1. The molecule has 0 aliphatic carbocycles. The van der Waals surface area contributed by atoms with E-state index in [-0.39, 0.29) is 40.0 Å². The molecule has 2 aromatic rings. The molecule has 13 heteroatoms. The van der Waals surface area contributed by atoms with Crippen molar-refractivity contribution in [3.05, 3.63) is 42.1 Å². The SMILES string of the molecule is CC(C)N(C(=O)c1cc(F)ccc1Oc1cncnc1N1CC2(CCN(CC3CCN(S(=O)(=O)C4CCNCC4)CC3)CC2)C1)C(C)C. The summed E-state index contributed by atoms with van der Waals surface area (Å²) in [5.41, 5.74) is 0.394. The highest BCUT2D eigenvalue weighted by Gasteiger charge is 2.46. The summed E-state index contributed by atoms with van der Waals surface area (Å²) >= 11 is 0. The minimum atomic E-state index is -3.19. The zero-order chi connectivity index (χ0) is 34.1. The Morgan fingerprint density at radius 1 is 1.02 bits per heavy atom. The van der Waals surface area contributed by atoms with Crippen LogP contribution >= 0.6 is 0 Å². The van der Waals surface area contributed by atoms with Crippen molar-refractivity contribution in [1.29, 1.82) is 0 Å². The smallest absolute Gasteiger partial charge is 0.258 e. The number of ether oxygens (including phenoxy) is 1. The van der Waals surface area contributed by atoms with E-state index in [9.17, 15) is 17.6 Å². The van der Waals surface area contributed by atoms with Crippen LogP contribution in [0.15, 0.2) is 30.7 Å². The van der Waals surface area contributed by atoms with Crippen LogP contribution in [0.3, 0.4) is 0 Å². The van der Waals surface area contributed by atoms with E-state index in [1.54, 1.807) is 15.4 Å². The van der Waals surface area contributed by atoms with E-state index in [0.29, 0.717) is 43.4 Å². The maximum atomic E-state index is 14.4. The summed E-state index contributed by atoms with van der Waals surface area (Å²) < 4.78 is 48.7. The summed E-state index contributed by atoms with van der Waals surface area (Å²) in [6, 6.07) is 3.93. The number of hydrogen-bond acceptors (Lipinski definition) is 9. The fourth-order valence-electron chi connectivity index (χ4n) is 8.16. The van der Waals surface area contributed by atoms with Gasteiger partial charge in [0.15, 0.2) is 11.6 Å². The van der Waals surface area contributed by atoms with Crippen molar-refractivity contribution < 1.29 is 22.3 Å². The number of halogens is 1. The predicted molar refractivity (Wildman–Crippen MR) is 184 cm³/mol. The molecule has 1 aromatic carbocycles. The second kappa shape index (κ2) is 14.5. The van der Waals surface area contributed by atoms with Gasteiger partial charge in [0.05, 0.1) is 17.0 Å². The van der Waals surface area contributed by atoms with Crippen molar-refractivity contribution in [3.8, 4) is 11.5 Å². The van der Waals surface area contributed by atoms with Gasteiger partial charge in [0.2, 0.25) is 10.0 Å². The molecule has 0 unspecified atom stereocenters. The Kier molecular flexibility index (Phi) is 10.6. The molecule has 1 N–H and O–H groups in total. The van der Waals surface area contributed by atoms with Gasteiger partial charge >= 0.3 is 0 Å². The summed E-state index contributed by atoms with van der Waals surface area (Å²) in [7, 11) is -3.19. The van der Waals surface area contributed by atoms with E-state index in [2.05, 4.69) is 25.1 Å². The van der Waals surface area contributed by atoms with Gasteiger partial charge in [-0.05, 0) is 117 Å². The Bertz CT molecular complexity index is 1520. The molecular weight excluding hydrogens is 633 g/mol. The third kappa shape index (κ3) is 7.49. The molecule has 4 aliphatic heterocycles. The lowest BCUT2D eigenvalue weighted by atomic mass is 9.72. The molecule has 1 aromatic heterocycles. The van der Waals surface area contributed by atoms with E-state index in [4.69, 9.17) is 4.74 Å². The number of nitrogens with zero attached hydrogens (tertiary/aromatic N) is 6. The highest BCUT2D eigenvalue weighted by Crippen LogP contribution is 2.45. The van der Waals surface area contributed by atoms with Crippen molar-refractivity contribution in [2.75, 3.05) is 63.8 Å². The monoisotopic (exact) mass is 685 g/mol. The number of carbonyl (C=O) groups excluding carboxylic acids is 1. The molecule has 264 valence electrons. The Labute approximate surface area is 285 Å². The fraction of sp³-hybridized carbons (Fsp3) is 0.686. The first-order chi connectivity index (χ1) is 23.0. The topological polar surface area (TPSA) is 111 Å². The van der Waals surface area contributed by atoms with Crippen LogP contribution in [-0.4, -0.2) is 115 Å². The molecule has 48 heavy (non-hydrogen) atoms. The lowest BCUT2D eigenvalue weighted by molar-refractivity contribution is 0.0609. The van der Waals surface area contributed by atoms with E-state index in [1.807, 2.05) is 27.7 Å². The van der Waals surface area contributed by atoms with Gasteiger partial charge in [-0.2, -0.15) is 0 Å². The molecule has 0 radical (unpaired) electrons. The maximum Gasteiger partial charge on any atom is 0.258 e. The summed E-state index contributed by atoms with van der Waals surface area (Å²) in [4.78, 5) is 28.8. The van der Waals surface area contributed by atoms with Crippen molar-refractivity contribution in [3.63, 3.8) is 0 Å². The molecule has 11 nitrogen and oxygen atoms in total. The van der Waals surface area contributed by atoms with Gasteiger partial charge in [-0.3, -0.25) is 4.79 Å². The van der Waals surface area contributed by atoms with Crippen LogP contribution in [0.4, 0.5) is 10.2 Å². The molecule has 4 aliphatic rings. The number of rotatable bonds is 10. The van der Waals surface area contributed by atoms with Gasteiger partial charge in [0.25, 0.3) is 5.91 Å². The van der Waals surface area contributed by atoms with Crippen LogP contribution < -0.4 is 15.0 Å². The Morgan fingerprint density at radius 2 is 1.69 bits per heavy atom. The number of aromatic nitrogens is 2. The highest BCUT2D eigenvalue weighted by molar-refractivity contribution is 7.89. The van der Waals surface area contributed by atoms with Crippen LogP contribution in [0.1, 0.15) is 76.6 Å². The van der Waals surface area contributed by atoms with Crippen LogP contribution in [0.25, 0.3) is 0 Å². The number of likely N-dealkylation sites (tertiary alicyclic amines) is 1. The molecule has 1 amide bonds. The van der Waals surface area contributed by atoms with Crippen molar-refractivity contribution >= 4 is 21.7 Å². The van der Waals surface area contributed by atoms with Crippen molar-refractivity contribution in [1.82, 2.24) is 29.4 Å². The van der Waals surface area contributed by atoms with E-state index >= 15 is 0 Å². The average Bonchev–Trinajstić information content (AvgIpc) is 3.05. The minimum absolute atomic E-state index is 0.0612. The number of anilines is 1.